The molecule has 6 heterocycles. The van der Waals surface area contributed by atoms with Crippen molar-refractivity contribution in [3.05, 3.63) is 107 Å². The Morgan fingerprint density at radius 3 is 2.35 bits per heavy atom. The monoisotopic (exact) mass is 928 g/mol. The molecule has 0 bridgehead atoms. The highest BCUT2D eigenvalue weighted by atomic mass is 16.6. The molecule has 68 heavy (non-hydrogen) atoms. The van der Waals surface area contributed by atoms with Crippen LogP contribution in [0.25, 0.3) is 10.9 Å². The van der Waals surface area contributed by atoms with E-state index in [0.29, 0.717) is 63.2 Å². The van der Waals surface area contributed by atoms with Gasteiger partial charge in [0, 0.05) is 83.9 Å². The number of aromatic amines is 1. The van der Waals surface area contributed by atoms with Crippen LogP contribution in [-0.2, 0) is 50.6 Å². The van der Waals surface area contributed by atoms with Crippen molar-refractivity contribution in [2.75, 3.05) is 66.1 Å². The van der Waals surface area contributed by atoms with Crippen LogP contribution >= 0.6 is 0 Å². The second-order valence-corrected chi connectivity index (χ2v) is 20.9. The topological polar surface area (TPSA) is 146 Å². The lowest BCUT2D eigenvalue weighted by molar-refractivity contribution is -0.228. The Morgan fingerprint density at radius 2 is 1.68 bits per heavy atom. The van der Waals surface area contributed by atoms with Crippen LogP contribution in [-0.4, -0.2) is 128 Å². The van der Waals surface area contributed by atoms with Crippen LogP contribution in [0.4, 0.5) is 5.69 Å². The van der Waals surface area contributed by atoms with Crippen molar-refractivity contribution in [1.29, 1.82) is 0 Å². The van der Waals surface area contributed by atoms with E-state index in [1.54, 1.807) is 7.11 Å². The minimum Gasteiger partial charge on any atom is -0.496 e. The molecule has 10 rings (SSSR count). The first kappa shape index (κ1) is 46.5. The summed E-state index contributed by atoms with van der Waals surface area (Å²) < 4.78 is 30.8. The molecule has 13 heteroatoms. The fourth-order valence-corrected chi connectivity index (χ4v) is 14.5. The molecule has 1 saturated carbocycles. The third-order valence-electron chi connectivity index (χ3n) is 18.0. The predicted molar refractivity (Wildman–Crippen MR) is 259 cm³/mol. The molecule has 362 valence electrons. The van der Waals surface area contributed by atoms with Crippen LogP contribution < -0.4 is 9.64 Å². The fraction of sp³-hybridized carbons (Fsp3) is 0.545. The van der Waals surface area contributed by atoms with Crippen LogP contribution in [0.5, 0.6) is 5.75 Å². The molecule has 1 unspecified atom stereocenters. The van der Waals surface area contributed by atoms with Crippen molar-refractivity contribution in [3.8, 4) is 5.75 Å². The number of nitrogens with zero attached hydrogens (tertiary/aromatic N) is 3. The van der Waals surface area contributed by atoms with Crippen LogP contribution in [0.2, 0.25) is 0 Å². The summed E-state index contributed by atoms with van der Waals surface area (Å²) in [6, 6.07) is 21.9. The van der Waals surface area contributed by atoms with Gasteiger partial charge in [0.15, 0.2) is 6.10 Å². The summed E-state index contributed by atoms with van der Waals surface area (Å²) in [6.07, 6.45) is 5.81. The smallest absolute Gasteiger partial charge is 0.344 e. The number of carbonyl (C=O) groups excluding carboxylic acids is 3. The normalized spacial score (nSPS) is 33.9. The van der Waals surface area contributed by atoms with Gasteiger partial charge in [-0.15, -0.1) is 0 Å². The molecule has 5 aliphatic heterocycles. The van der Waals surface area contributed by atoms with E-state index in [0.717, 1.165) is 46.4 Å². The molecule has 2 N–H and O–H groups in total. The third-order valence-corrected chi connectivity index (χ3v) is 18.0. The standard InChI is InChI=1S/C55H68N4O9/c1-10-52-23-17-26-58-27-24-53(46(52)58)40-28-41(44(64-7)29-43(40)57(6)47(53)55(63,50(62)66-9)48(52)68-35(4)60)54(49(61)65-8)30-37(33(2)51(5)32-67-51)31-59(34(3)36-18-12-11-13-19-36)25-16-21-39-38-20-14-15-22-42(38)56-45(39)54/h11-15,17-20,22-23,28-29,33-34,37,46-48,56,63H,10,16,21,24-27,30-32H2,1-9H3/t33?,34-,37+,46-,47+,48+,51+,52+,53+,54+,55-/m0/s1. The van der Waals surface area contributed by atoms with Gasteiger partial charge in [0.2, 0.25) is 5.60 Å². The van der Waals surface area contributed by atoms with Gasteiger partial charge < -0.3 is 38.7 Å². The number of aliphatic hydroxyl groups is 1. The average molecular weight is 929 g/mol. The number of ether oxygens (including phenoxy) is 5. The number of methoxy groups -OCH3 is 3. The second-order valence-electron chi connectivity index (χ2n) is 20.9. The summed E-state index contributed by atoms with van der Waals surface area (Å²) >= 11 is 0. The van der Waals surface area contributed by atoms with E-state index < -0.39 is 51.9 Å². The van der Waals surface area contributed by atoms with Gasteiger partial charge in [-0.25, -0.2) is 4.79 Å². The first-order valence-electron chi connectivity index (χ1n) is 24.6. The van der Waals surface area contributed by atoms with E-state index in [1.165, 1.54) is 26.7 Å². The first-order valence-corrected chi connectivity index (χ1v) is 24.6. The van der Waals surface area contributed by atoms with Gasteiger partial charge >= 0.3 is 17.9 Å². The molecule has 1 aromatic heterocycles. The Kier molecular flexibility index (Phi) is 11.5. The van der Waals surface area contributed by atoms with Gasteiger partial charge in [0.25, 0.3) is 0 Å². The van der Waals surface area contributed by atoms with E-state index >= 15 is 4.79 Å². The maximum absolute atomic E-state index is 15.9. The maximum atomic E-state index is 15.9. The van der Waals surface area contributed by atoms with E-state index in [4.69, 9.17) is 23.7 Å². The lowest BCUT2D eigenvalue weighted by Crippen LogP contribution is -2.81. The highest BCUT2D eigenvalue weighted by Crippen LogP contribution is 2.68. The number of carbonyl (C=O) groups is 3. The summed E-state index contributed by atoms with van der Waals surface area (Å²) in [7, 11) is 6.28. The molecular formula is C55H68N4O9. The molecule has 13 nitrogen and oxygen atoms in total. The van der Waals surface area contributed by atoms with Gasteiger partial charge in [0.1, 0.15) is 11.2 Å². The van der Waals surface area contributed by atoms with E-state index in [2.05, 4.69) is 102 Å². The zero-order valence-electron chi connectivity index (χ0n) is 41.1. The first-order chi connectivity index (χ1) is 32.6. The molecule has 0 amide bonds. The Labute approximate surface area is 400 Å². The van der Waals surface area contributed by atoms with Crippen molar-refractivity contribution in [2.45, 2.75) is 113 Å². The predicted octanol–water partition coefficient (Wildman–Crippen LogP) is 7.02. The second kappa shape index (κ2) is 16.7. The Hall–Kier alpha value is -5.21. The van der Waals surface area contributed by atoms with Crippen LogP contribution in [0, 0.1) is 17.3 Å². The summed E-state index contributed by atoms with van der Waals surface area (Å²) in [5.41, 5.74) is 0.233. The Morgan fingerprint density at radius 1 is 0.956 bits per heavy atom. The van der Waals surface area contributed by atoms with Gasteiger partial charge in [-0.2, -0.15) is 0 Å². The summed E-state index contributed by atoms with van der Waals surface area (Å²) in [5.74, 6) is -1.48. The van der Waals surface area contributed by atoms with Crippen molar-refractivity contribution in [3.63, 3.8) is 0 Å². The highest BCUT2D eigenvalue weighted by molar-refractivity contribution is 5.95. The number of hydrogen-bond donors (Lipinski definition) is 2. The van der Waals surface area contributed by atoms with Crippen molar-refractivity contribution >= 4 is 34.5 Å². The summed E-state index contributed by atoms with van der Waals surface area (Å²) in [6.45, 7) is 13.6. The molecule has 4 aromatic rings. The largest absolute Gasteiger partial charge is 0.496 e. The van der Waals surface area contributed by atoms with Crippen LogP contribution in [0.3, 0.4) is 0 Å². The molecule has 2 saturated heterocycles. The number of anilines is 1. The third kappa shape index (κ3) is 6.43. The number of fused-ring (bicyclic) bond motifs is 4. The number of H-pyrrole nitrogens is 1. The maximum Gasteiger partial charge on any atom is 0.344 e. The number of aromatic nitrogens is 1. The van der Waals surface area contributed by atoms with Crippen molar-refractivity contribution in [1.82, 2.24) is 14.8 Å². The summed E-state index contributed by atoms with van der Waals surface area (Å²) in [4.78, 5) is 54.5. The lowest BCUT2D eigenvalue weighted by Gasteiger charge is -2.63. The Balaban J connectivity index is 1.27. The molecule has 1 aliphatic carbocycles. The number of epoxide rings is 1. The van der Waals surface area contributed by atoms with Crippen molar-refractivity contribution < 1.29 is 43.2 Å². The number of aryl methyl sites for hydroxylation is 1. The molecule has 3 fully saturated rings. The van der Waals surface area contributed by atoms with Crippen LogP contribution in [0.15, 0.2) is 78.9 Å². The number of benzene rings is 3. The lowest BCUT2D eigenvalue weighted by atomic mass is 9.47. The minimum atomic E-state index is -2.31. The SMILES string of the molecule is CC[C@]12C=CCN3CC[C@@]4(c5cc([C@]6(C(=O)OC)C[C@@H](C(C)[C@@]7(C)CO7)CN([C@@H](C)c7ccccc7)CCCc7c6[nH]c6ccccc76)c(OC)cc5N(C)[C@H]4[C@@](O)(C(=O)OC)[C@@H]1OC(C)=O)[C@@H]32. The number of hydrogen-bond acceptors (Lipinski definition) is 12. The molecule has 1 spiro atoms. The summed E-state index contributed by atoms with van der Waals surface area (Å²) in [5, 5.41) is 14.6. The molecule has 6 aliphatic rings. The van der Waals surface area contributed by atoms with Crippen LogP contribution in [0.1, 0.15) is 94.3 Å². The van der Waals surface area contributed by atoms with E-state index in [9.17, 15) is 14.7 Å². The average Bonchev–Trinajstić information content (AvgIpc) is 3.71. The highest BCUT2D eigenvalue weighted by Gasteiger charge is 2.80. The molecule has 3 aromatic carbocycles. The molecule has 11 atom stereocenters. The number of esters is 3. The minimum absolute atomic E-state index is 0.0213. The quantitative estimate of drug-likeness (QED) is 0.0730. The molecular weight excluding hydrogens is 861 g/mol. The zero-order chi connectivity index (χ0) is 48.1. The number of nitrogens with one attached hydrogen (secondary N) is 1. The van der Waals surface area contributed by atoms with Gasteiger partial charge in [-0.1, -0.05) is 74.5 Å². The zero-order valence-corrected chi connectivity index (χ0v) is 41.1. The van der Waals surface area contributed by atoms with E-state index in [1.807, 2.05) is 31.0 Å². The van der Waals surface area contributed by atoms with E-state index in [-0.39, 0.29) is 29.5 Å². The number of likely N-dealkylation sites (N-methyl/N-ethyl adjacent to an activating group) is 1. The number of para-hydroxylation sites is 1. The number of rotatable bonds is 10. The Bertz CT molecular complexity index is 2660. The molecule has 0 radical (unpaired) electrons. The van der Waals surface area contributed by atoms with Crippen molar-refractivity contribution in [2.24, 2.45) is 17.3 Å². The fourth-order valence-electron chi connectivity index (χ4n) is 14.5. The van der Waals surface area contributed by atoms with Gasteiger partial charge in [-0.3, -0.25) is 19.4 Å². The van der Waals surface area contributed by atoms with Gasteiger partial charge in [-0.05, 0) is 99.7 Å². The van der Waals surface area contributed by atoms with Gasteiger partial charge in [0.05, 0.1) is 39.6 Å².